The van der Waals surface area contributed by atoms with Crippen molar-refractivity contribution in [2.75, 3.05) is 20.6 Å². The molecule has 1 aliphatic heterocycles. The number of hydrogen-bond donors (Lipinski definition) is 5. The number of hydrogen-bond acceptors (Lipinski definition) is 4. The summed E-state index contributed by atoms with van der Waals surface area (Å²) in [6.07, 6.45) is 0.463. The fourth-order valence-corrected chi connectivity index (χ4v) is 6.78. The van der Waals surface area contributed by atoms with E-state index in [1.807, 2.05) is 19.0 Å². The molecule has 2 aliphatic rings. The van der Waals surface area contributed by atoms with Crippen molar-refractivity contribution in [3.8, 4) is 0 Å². The SMILES string of the molecule is CN(C)C1CCNC2CC(P(=O)(O)O)(P(=O)(O)O)CC21. The van der Waals surface area contributed by atoms with Crippen molar-refractivity contribution in [1.82, 2.24) is 10.2 Å². The molecule has 0 amide bonds. The topological polar surface area (TPSA) is 130 Å². The zero-order chi connectivity index (χ0) is 15.3. The van der Waals surface area contributed by atoms with Gasteiger partial charge in [0.2, 0.25) is 0 Å². The summed E-state index contributed by atoms with van der Waals surface area (Å²) < 4.78 is 23.6. The molecule has 1 saturated carbocycles. The van der Waals surface area contributed by atoms with E-state index in [1.54, 1.807) is 0 Å². The Morgan fingerprint density at radius 2 is 1.65 bits per heavy atom. The Kier molecular flexibility index (Phi) is 4.27. The summed E-state index contributed by atoms with van der Waals surface area (Å²) in [6.45, 7) is 0.683. The minimum Gasteiger partial charge on any atom is -0.324 e. The highest BCUT2D eigenvalue weighted by atomic mass is 31.2. The molecule has 0 bridgehead atoms. The van der Waals surface area contributed by atoms with Gasteiger partial charge >= 0.3 is 15.2 Å². The first kappa shape index (κ1) is 16.6. The summed E-state index contributed by atoms with van der Waals surface area (Å²) in [4.78, 5) is 37.9. The molecule has 118 valence electrons. The second-order valence-corrected chi connectivity index (χ2v) is 10.3. The van der Waals surface area contributed by atoms with Gasteiger partial charge in [0.25, 0.3) is 0 Å². The number of rotatable bonds is 3. The first-order valence-corrected chi connectivity index (χ1v) is 9.73. The lowest BCUT2D eigenvalue weighted by molar-refractivity contribution is 0.144. The average Bonchev–Trinajstić information content (AvgIpc) is 2.67. The second-order valence-electron chi connectivity index (χ2n) is 6.02. The summed E-state index contributed by atoms with van der Waals surface area (Å²) in [5.74, 6) is -0.168. The van der Waals surface area contributed by atoms with Crippen molar-refractivity contribution in [1.29, 1.82) is 0 Å². The molecule has 2 fully saturated rings. The molecule has 1 aliphatic carbocycles. The summed E-state index contributed by atoms with van der Waals surface area (Å²) in [5.41, 5.74) is 0. The van der Waals surface area contributed by atoms with Crippen LogP contribution in [0.4, 0.5) is 0 Å². The zero-order valence-corrected chi connectivity index (χ0v) is 13.3. The number of piperidine rings is 1. The Labute approximate surface area is 117 Å². The fraction of sp³-hybridized carbons (Fsp3) is 1.00. The van der Waals surface area contributed by atoms with Crippen LogP contribution in [0.25, 0.3) is 0 Å². The molecule has 0 aromatic carbocycles. The molecule has 10 heteroatoms. The maximum Gasteiger partial charge on any atom is 0.343 e. The van der Waals surface area contributed by atoms with E-state index < -0.39 is 20.1 Å². The third kappa shape index (κ3) is 2.53. The molecule has 3 atom stereocenters. The Balaban J connectivity index is 2.41. The van der Waals surface area contributed by atoms with Crippen LogP contribution < -0.4 is 5.32 Å². The van der Waals surface area contributed by atoms with Gasteiger partial charge in [-0.3, -0.25) is 9.13 Å². The summed E-state index contributed by atoms with van der Waals surface area (Å²) in [5, 5.41) is 3.15. The predicted molar refractivity (Wildman–Crippen MR) is 73.4 cm³/mol. The maximum atomic E-state index is 11.8. The van der Waals surface area contributed by atoms with Gasteiger partial charge in [0.15, 0.2) is 4.90 Å². The summed E-state index contributed by atoms with van der Waals surface area (Å²) in [6, 6.07) is -0.197. The minimum absolute atomic E-state index is 0.0706. The lowest BCUT2D eigenvalue weighted by Crippen LogP contribution is -2.50. The molecule has 8 nitrogen and oxygen atoms in total. The van der Waals surface area contributed by atoms with Gasteiger partial charge in [-0.1, -0.05) is 0 Å². The summed E-state index contributed by atoms with van der Waals surface area (Å²) >= 11 is 0. The number of nitrogens with one attached hydrogen (secondary N) is 1. The molecule has 20 heavy (non-hydrogen) atoms. The highest BCUT2D eigenvalue weighted by molar-refractivity contribution is 7.72. The van der Waals surface area contributed by atoms with Gasteiger partial charge < -0.3 is 29.8 Å². The van der Waals surface area contributed by atoms with Crippen LogP contribution in [0.15, 0.2) is 0 Å². The van der Waals surface area contributed by atoms with Gasteiger partial charge in [-0.05, 0) is 45.8 Å². The quantitative estimate of drug-likeness (QED) is 0.448. The molecule has 2 rings (SSSR count). The largest absolute Gasteiger partial charge is 0.343 e. The lowest BCUT2D eigenvalue weighted by atomic mass is 9.88. The van der Waals surface area contributed by atoms with Crippen molar-refractivity contribution >= 4 is 15.2 Å². The number of fused-ring (bicyclic) bond motifs is 1. The molecule has 3 unspecified atom stereocenters. The van der Waals surface area contributed by atoms with Crippen LogP contribution in [0.5, 0.6) is 0 Å². The van der Waals surface area contributed by atoms with Crippen LogP contribution in [0.1, 0.15) is 19.3 Å². The monoisotopic (exact) mass is 328 g/mol. The molecule has 5 N–H and O–H groups in total. The Morgan fingerprint density at radius 1 is 1.10 bits per heavy atom. The lowest BCUT2D eigenvalue weighted by Gasteiger charge is -2.38. The van der Waals surface area contributed by atoms with E-state index in [0.29, 0.717) is 6.54 Å². The van der Waals surface area contributed by atoms with E-state index in [0.717, 1.165) is 6.42 Å². The molecule has 0 spiro atoms. The maximum absolute atomic E-state index is 11.8. The van der Waals surface area contributed by atoms with Crippen molar-refractivity contribution in [3.05, 3.63) is 0 Å². The fourth-order valence-electron chi connectivity index (χ4n) is 3.65. The van der Waals surface area contributed by atoms with E-state index >= 15 is 0 Å². The molecule has 0 aromatic rings. The third-order valence-electron chi connectivity index (χ3n) is 4.71. The van der Waals surface area contributed by atoms with Crippen LogP contribution in [0.3, 0.4) is 0 Å². The van der Waals surface area contributed by atoms with Gasteiger partial charge in [-0.25, -0.2) is 0 Å². The highest BCUT2D eigenvalue weighted by Gasteiger charge is 2.67. The zero-order valence-electron chi connectivity index (χ0n) is 11.5. The van der Waals surface area contributed by atoms with E-state index in [9.17, 15) is 28.7 Å². The first-order valence-electron chi connectivity index (χ1n) is 6.51. The predicted octanol–water partition coefficient (Wildman–Crippen LogP) is -0.260. The van der Waals surface area contributed by atoms with Crippen molar-refractivity contribution in [2.45, 2.75) is 36.2 Å². The molecule has 0 aromatic heterocycles. The Bertz CT molecular complexity index is 450. The second kappa shape index (κ2) is 5.14. The molecular formula is C10H22N2O6P2. The summed E-state index contributed by atoms with van der Waals surface area (Å²) in [7, 11) is -6.08. The Hall–Kier alpha value is 0.220. The van der Waals surface area contributed by atoms with E-state index in [-0.39, 0.29) is 30.8 Å². The smallest absolute Gasteiger partial charge is 0.324 e. The normalized spacial score (nSPS) is 34.2. The van der Waals surface area contributed by atoms with Gasteiger partial charge in [0.1, 0.15) is 0 Å². The van der Waals surface area contributed by atoms with Gasteiger partial charge in [-0.15, -0.1) is 0 Å². The van der Waals surface area contributed by atoms with Crippen molar-refractivity contribution in [2.24, 2.45) is 5.92 Å². The van der Waals surface area contributed by atoms with Crippen LogP contribution in [0.2, 0.25) is 0 Å². The van der Waals surface area contributed by atoms with Crippen LogP contribution in [0, 0.1) is 5.92 Å². The molecular weight excluding hydrogens is 306 g/mol. The van der Waals surface area contributed by atoms with Crippen LogP contribution in [-0.4, -0.2) is 62.1 Å². The van der Waals surface area contributed by atoms with Crippen molar-refractivity contribution in [3.63, 3.8) is 0 Å². The van der Waals surface area contributed by atoms with Crippen LogP contribution in [-0.2, 0) is 9.13 Å². The molecule has 1 heterocycles. The Morgan fingerprint density at radius 3 is 2.10 bits per heavy atom. The molecule has 1 saturated heterocycles. The van der Waals surface area contributed by atoms with Gasteiger partial charge in [-0.2, -0.15) is 0 Å². The standard InChI is InChI=1S/C10H22N2O6P2/c1-12(2)9-3-4-11-8-6-10(5-7(8)9,19(13,14)15)20(16,17)18/h7-9,11H,3-6H2,1-2H3,(H2,13,14,15)(H2,16,17,18). The van der Waals surface area contributed by atoms with Gasteiger partial charge in [0, 0.05) is 12.1 Å². The van der Waals surface area contributed by atoms with Crippen molar-refractivity contribution < 1.29 is 28.7 Å². The van der Waals surface area contributed by atoms with E-state index in [2.05, 4.69) is 5.32 Å². The van der Waals surface area contributed by atoms with E-state index in [4.69, 9.17) is 0 Å². The van der Waals surface area contributed by atoms with Crippen LogP contribution >= 0.6 is 15.2 Å². The average molecular weight is 328 g/mol. The minimum atomic E-state index is -4.92. The highest BCUT2D eigenvalue weighted by Crippen LogP contribution is 2.76. The number of nitrogens with zero attached hydrogens (tertiary/aromatic N) is 1. The third-order valence-corrected chi connectivity index (χ3v) is 9.18. The van der Waals surface area contributed by atoms with Gasteiger partial charge in [0.05, 0.1) is 0 Å². The first-order chi connectivity index (χ1) is 8.99. The van der Waals surface area contributed by atoms with E-state index in [1.165, 1.54) is 0 Å². The molecule has 0 radical (unpaired) electrons.